The summed E-state index contributed by atoms with van der Waals surface area (Å²) in [6, 6.07) is 6.90. The highest BCUT2D eigenvalue weighted by molar-refractivity contribution is 5.75. The van der Waals surface area contributed by atoms with Crippen molar-refractivity contribution >= 4 is 5.82 Å². The molecule has 186 valence electrons. The summed E-state index contributed by atoms with van der Waals surface area (Å²) in [6.45, 7) is 4.71. The van der Waals surface area contributed by atoms with E-state index >= 15 is 0 Å². The highest BCUT2D eigenvalue weighted by Gasteiger charge is 2.42. The topological polar surface area (TPSA) is 87.0 Å². The number of aryl methyl sites for hydroxylation is 2. The molecule has 1 unspecified atom stereocenters. The lowest BCUT2D eigenvalue weighted by atomic mass is 9.87. The van der Waals surface area contributed by atoms with Gasteiger partial charge in [-0.05, 0) is 58.6 Å². The molecule has 2 aliphatic rings. The molecule has 4 aromatic rings. The minimum atomic E-state index is -0.478. The van der Waals surface area contributed by atoms with Crippen LogP contribution in [0, 0.1) is 5.82 Å². The van der Waals surface area contributed by atoms with Crippen molar-refractivity contribution in [2.24, 2.45) is 7.05 Å². The molecule has 0 saturated carbocycles. The summed E-state index contributed by atoms with van der Waals surface area (Å²) in [4.78, 5) is 6.71. The fourth-order valence-electron chi connectivity index (χ4n) is 5.80. The molecule has 8 nitrogen and oxygen atoms in total. The number of anilines is 1. The van der Waals surface area contributed by atoms with Crippen LogP contribution in [0.2, 0.25) is 0 Å². The molecule has 9 heteroatoms. The monoisotopic (exact) mass is 487 g/mol. The number of hydrogen-bond donors (Lipinski definition) is 1. The van der Waals surface area contributed by atoms with Crippen molar-refractivity contribution in [3.05, 3.63) is 64.9 Å². The molecule has 0 spiro atoms. The second kappa shape index (κ2) is 8.16. The number of ether oxygens (including phenoxy) is 1. The summed E-state index contributed by atoms with van der Waals surface area (Å²) in [5.74, 6) is 0.492. The van der Waals surface area contributed by atoms with E-state index in [4.69, 9.17) is 20.7 Å². The SMILES string of the molecule is CCn1nc2c3c1-c1cnc(N)c(c1)O[C@H](C)c1cc(F)ccc1-c1nn(C)cc1[C@H]3CC2N(C)C. The molecule has 6 rings (SSSR count). The van der Waals surface area contributed by atoms with Crippen molar-refractivity contribution in [1.29, 1.82) is 0 Å². The molecule has 0 saturated heterocycles. The fourth-order valence-corrected chi connectivity index (χ4v) is 5.80. The van der Waals surface area contributed by atoms with Crippen LogP contribution >= 0.6 is 0 Å². The maximum Gasteiger partial charge on any atom is 0.166 e. The molecular weight excluding hydrogens is 457 g/mol. The van der Waals surface area contributed by atoms with Gasteiger partial charge in [0.1, 0.15) is 11.9 Å². The van der Waals surface area contributed by atoms with E-state index < -0.39 is 6.10 Å². The molecule has 2 N–H and O–H groups in total. The second-order valence-corrected chi connectivity index (χ2v) is 9.94. The van der Waals surface area contributed by atoms with Crippen molar-refractivity contribution < 1.29 is 9.13 Å². The first-order chi connectivity index (χ1) is 17.3. The van der Waals surface area contributed by atoms with Crippen LogP contribution in [-0.2, 0) is 13.6 Å². The van der Waals surface area contributed by atoms with Crippen LogP contribution in [0.4, 0.5) is 10.2 Å². The lowest BCUT2D eigenvalue weighted by molar-refractivity contribution is 0.227. The quantitative estimate of drug-likeness (QED) is 0.442. The van der Waals surface area contributed by atoms with Gasteiger partial charge in [-0.25, -0.2) is 9.37 Å². The minimum absolute atomic E-state index is 0.0564. The number of nitrogens with two attached hydrogens (primary N) is 1. The van der Waals surface area contributed by atoms with Gasteiger partial charge >= 0.3 is 0 Å². The van der Waals surface area contributed by atoms with Crippen molar-refractivity contribution in [2.75, 3.05) is 19.8 Å². The molecule has 0 amide bonds. The zero-order valence-corrected chi connectivity index (χ0v) is 21.2. The fraction of sp³-hybridized carbons (Fsp3) is 0.370. The summed E-state index contributed by atoms with van der Waals surface area (Å²) in [5.41, 5.74) is 13.9. The number of hydrogen-bond acceptors (Lipinski definition) is 6. The third-order valence-corrected chi connectivity index (χ3v) is 7.46. The van der Waals surface area contributed by atoms with Gasteiger partial charge in [-0.3, -0.25) is 9.36 Å². The van der Waals surface area contributed by atoms with E-state index in [9.17, 15) is 4.39 Å². The summed E-state index contributed by atoms with van der Waals surface area (Å²) < 4.78 is 24.7. The van der Waals surface area contributed by atoms with E-state index in [0.717, 1.165) is 40.2 Å². The number of halogens is 1. The first kappa shape index (κ1) is 22.7. The third kappa shape index (κ3) is 3.33. The van der Waals surface area contributed by atoms with Crippen LogP contribution in [0.1, 0.15) is 60.7 Å². The molecule has 1 aromatic carbocycles. The van der Waals surface area contributed by atoms with E-state index in [2.05, 4.69) is 41.8 Å². The predicted molar refractivity (Wildman–Crippen MR) is 136 cm³/mol. The zero-order chi connectivity index (χ0) is 25.3. The normalized spacial score (nSPS) is 20.2. The maximum atomic E-state index is 14.5. The molecule has 1 aliphatic heterocycles. The van der Waals surface area contributed by atoms with E-state index in [1.165, 1.54) is 17.7 Å². The lowest BCUT2D eigenvalue weighted by Crippen LogP contribution is -2.19. The lowest BCUT2D eigenvalue weighted by Gasteiger charge is -2.23. The number of nitrogen functional groups attached to an aromatic ring is 1. The standard InChI is InChI=1S/C27H30FN7O/c1-6-35-26-15-9-22(27(29)30-12-15)36-14(2)18-10-16(28)7-8-17(18)24-20(13-34(5)31-24)19-11-21(33(3)4)25(32-35)23(19)26/h7-10,12-14,19,21H,6,11H2,1-5H3,(H2,29,30)/t14-,19-,21?/m1/s1. The number of aromatic nitrogens is 5. The third-order valence-electron chi connectivity index (χ3n) is 7.46. The Morgan fingerprint density at radius 3 is 2.75 bits per heavy atom. The average molecular weight is 488 g/mol. The van der Waals surface area contributed by atoms with Crippen LogP contribution in [0.3, 0.4) is 0 Å². The van der Waals surface area contributed by atoms with Crippen LogP contribution in [0.15, 0.2) is 36.7 Å². The maximum absolute atomic E-state index is 14.5. The Hall–Kier alpha value is -3.72. The van der Waals surface area contributed by atoms with E-state index in [-0.39, 0.29) is 17.8 Å². The van der Waals surface area contributed by atoms with Gasteiger partial charge in [-0.1, -0.05) is 0 Å². The highest BCUT2D eigenvalue weighted by atomic mass is 19.1. The number of pyridine rings is 1. The molecule has 0 radical (unpaired) electrons. The molecule has 2 bridgehead atoms. The van der Waals surface area contributed by atoms with Crippen LogP contribution in [-0.4, -0.2) is 43.5 Å². The van der Waals surface area contributed by atoms with Crippen LogP contribution in [0.25, 0.3) is 22.5 Å². The Morgan fingerprint density at radius 2 is 2.00 bits per heavy atom. The van der Waals surface area contributed by atoms with Crippen molar-refractivity contribution in [2.45, 2.75) is 44.9 Å². The first-order valence-electron chi connectivity index (χ1n) is 12.3. The summed E-state index contributed by atoms with van der Waals surface area (Å²) >= 11 is 0. The molecule has 3 aromatic heterocycles. The largest absolute Gasteiger partial charge is 0.482 e. The van der Waals surface area contributed by atoms with E-state index in [0.29, 0.717) is 23.7 Å². The number of fused-ring (bicyclic) bond motifs is 7. The Kier molecular flexibility index (Phi) is 5.15. The average Bonchev–Trinajstić information content (AvgIpc) is 3.51. The van der Waals surface area contributed by atoms with Crippen molar-refractivity contribution in [3.8, 4) is 28.3 Å². The van der Waals surface area contributed by atoms with E-state index in [1.807, 2.05) is 24.7 Å². The van der Waals surface area contributed by atoms with Gasteiger partial charge in [0, 0.05) is 59.7 Å². The summed E-state index contributed by atoms with van der Waals surface area (Å²) in [6.07, 6.45) is 4.28. The Labute approximate surface area is 209 Å². The van der Waals surface area contributed by atoms with Gasteiger partial charge in [-0.2, -0.15) is 10.2 Å². The molecule has 3 atom stereocenters. The molecular formula is C27H30FN7O. The van der Waals surface area contributed by atoms with Gasteiger partial charge < -0.3 is 15.4 Å². The Balaban J connectivity index is 1.72. The predicted octanol–water partition coefficient (Wildman–Crippen LogP) is 4.68. The first-order valence-corrected chi connectivity index (χ1v) is 12.3. The summed E-state index contributed by atoms with van der Waals surface area (Å²) in [7, 11) is 6.12. The zero-order valence-electron chi connectivity index (χ0n) is 21.2. The Morgan fingerprint density at radius 1 is 1.19 bits per heavy atom. The number of nitrogens with zero attached hydrogens (tertiary/aromatic N) is 6. The summed E-state index contributed by atoms with van der Waals surface area (Å²) in [5, 5.41) is 9.97. The number of benzene rings is 1. The van der Waals surface area contributed by atoms with Gasteiger partial charge in [-0.15, -0.1) is 0 Å². The van der Waals surface area contributed by atoms with Gasteiger partial charge in [0.05, 0.1) is 23.1 Å². The van der Waals surface area contributed by atoms with Gasteiger partial charge in [0.2, 0.25) is 0 Å². The Bertz CT molecular complexity index is 1490. The van der Waals surface area contributed by atoms with Crippen molar-refractivity contribution in [1.82, 2.24) is 29.4 Å². The highest BCUT2D eigenvalue weighted by Crippen LogP contribution is 2.52. The van der Waals surface area contributed by atoms with Crippen LogP contribution in [0.5, 0.6) is 5.75 Å². The molecule has 1 aliphatic carbocycles. The molecule has 4 heterocycles. The minimum Gasteiger partial charge on any atom is -0.482 e. The van der Waals surface area contributed by atoms with Crippen molar-refractivity contribution in [3.63, 3.8) is 0 Å². The second-order valence-electron chi connectivity index (χ2n) is 9.94. The smallest absolute Gasteiger partial charge is 0.166 e. The number of rotatable bonds is 2. The van der Waals surface area contributed by atoms with Crippen LogP contribution < -0.4 is 10.5 Å². The van der Waals surface area contributed by atoms with Gasteiger partial charge in [0.25, 0.3) is 0 Å². The molecule has 0 fully saturated rings. The van der Waals surface area contributed by atoms with E-state index in [1.54, 1.807) is 12.3 Å². The molecule has 36 heavy (non-hydrogen) atoms. The van der Waals surface area contributed by atoms with Gasteiger partial charge in [0.15, 0.2) is 11.6 Å².